The van der Waals surface area contributed by atoms with E-state index in [9.17, 15) is 9.90 Å². The first kappa shape index (κ1) is 13.9. The van der Waals surface area contributed by atoms with Gasteiger partial charge in [0.15, 0.2) is 0 Å². The van der Waals surface area contributed by atoms with Gasteiger partial charge in [0.25, 0.3) is 0 Å². The average Bonchev–Trinajstić information content (AvgIpc) is 2.49. The molecular weight excluding hydrogens is 248 g/mol. The summed E-state index contributed by atoms with van der Waals surface area (Å²) < 4.78 is 0. The van der Waals surface area contributed by atoms with E-state index in [1.165, 1.54) is 0 Å². The predicted octanol–water partition coefficient (Wildman–Crippen LogP) is 3.94. The summed E-state index contributed by atoms with van der Waals surface area (Å²) in [5.41, 5.74) is 3.00. The highest BCUT2D eigenvalue weighted by atomic mass is 16.4. The summed E-state index contributed by atoms with van der Waals surface area (Å²) in [6.45, 7) is 0. The molecule has 0 aliphatic rings. The van der Waals surface area contributed by atoms with Crippen molar-refractivity contribution in [1.82, 2.24) is 0 Å². The summed E-state index contributed by atoms with van der Waals surface area (Å²) in [4.78, 5) is 11.3. The van der Waals surface area contributed by atoms with Gasteiger partial charge in [-0.1, -0.05) is 54.6 Å². The van der Waals surface area contributed by atoms with Gasteiger partial charge < -0.3 is 5.11 Å². The number of benzene rings is 2. The average molecular weight is 264 g/mol. The Hall–Kier alpha value is -2.53. The number of rotatable bonds is 5. The molecule has 0 bridgehead atoms. The lowest BCUT2D eigenvalue weighted by molar-refractivity contribution is -0.138. The Balaban J connectivity index is 2.23. The summed E-state index contributed by atoms with van der Waals surface area (Å²) in [5.74, 6) is 1.14. The monoisotopic (exact) mass is 264 g/mol. The van der Waals surface area contributed by atoms with Gasteiger partial charge in [-0.2, -0.15) is 0 Å². The minimum Gasteiger partial charge on any atom is -0.481 e. The fraction of sp³-hybridized carbons (Fsp3) is 0.167. The highest BCUT2D eigenvalue weighted by Gasteiger charge is 2.18. The van der Waals surface area contributed by atoms with E-state index in [0.717, 1.165) is 16.7 Å². The summed E-state index contributed by atoms with van der Waals surface area (Å²) in [7, 11) is 0. The molecule has 2 nitrogen and oxygen atoms in total. The van der Waals surface area contributed by atoms with Gasteiger partial charge in [0.05, 0.1) is 5.92 Å². The summed E-state index contributed by atoms with van der Waals surface area (Å²) in [5, 5.41) is 9.27. The van der Waals surface area contributed by atoms with Crippen LogP contribution in [0.5, 0.6) is 0 Å². The number of carboxylic acids is 1. The molecule has 2 aromatic rings. The van der Waals surface area contributed by atoms with E-state index in [1.54, 1.807) is 0 Å². The number of carbonyl (C=O) groups is 1. The number of aliphatic carboxylic acids is 1. The molecule has 0 amide bonds. The molecule has 100 valence electrons. The number of terminal acetylenes is 1. The van der Waals surface area contributed by atoms with Crippen molar-refractivity contribution < 1.29 is 9.90 Å². The molecule has 1 N–H and O–H groups in total. The van der Waals surface area contributed by atoms with Gasteiger partial charge in [-0.25, -0.2) is 0 Å². The lowest BCUT2D eigenvalue weighted by Gasteiger charge is -2.12. The minimum absolute atomic E-state index is 0.469. The second-order valence-electron chi connectivity index (χ2n) is 4.62. The van der Waals surface area contributed by atoms with Crippen molar-refractivity contribution in [2.24, 2.45) is 0 Å². The van der Waals surface area contributed by atoms with Crippen LogP contribution in [0.2, 0.25) is 0 Å². The first-order valence-electron chi connectivity index (χ1n) is 6.54. The van der Waals surface area contributed by atoms with Gasteiger partial charge in [0.2, 0.25) is 0 Å². The Morgan fingerprint density at radius 3 is 2.20 bits per heavy atom. The highest BCUT2D eigenvalue weighted by molar-refractivity contribution is 5.76. The molecule has 0 spiro atoms. The predicted molar refractivity (Wildman–Crippen MR) is 80.3 cm³/mol. The van der Waals surface area contributed by atoms with E-state index >= 15 is 0 Å². The first-order valence-corrected chi connectivity index (χ1v) is 6.54. The van der Waals surface area contributed by atoms with Gasteiger partial charge in [0, 0.05) is 6.42 Å². The quantitative estimate of drug-likeness (QED) is 0.831. The summed E-state index contributed by atoms with van der Waals surface area (Å²) in [6.07, 6.45) is 6.15. The molecule has 0 saturated heterocycles. The molecule has 0 aliphatic heterocycles. The van der Waals surface area contributed by atoms with Crippen LogP contribution in [-0.2, 0) is 4.79 Å². The van der Waals surface area contributed by atoms with E-state index < -0.39 is 11.9 Å². The van der Waals surface area contributed by atoms with Crippen LogP contribution in [0.3, 0.4) is 0 Å². The van der Waals surface area contributed by atoms with Crippen LogP contribution in [0.25, 0.3) is 11.1 Å². The van der Waals surface area contributed by atoms with Gasteiger partial charge in [-0.3, -0.25) is 4.79 Å². The maximum absolute atomic E-state index is 11.3. The molecule has 2 heteroatoms. The van der Waals surface area contributed by atoms with Crippen molar-refractivity contribution in [3.05, 3.63) is 60.2 Å². The summed E-state index contributed by atoms with van der Waals surface area (Å²) in [6, 6.07) is 17.6. The molecule has 2 aromatic carbocycles. The Kier molecular flexibility index (Phi) is 4.57. The zero-order chi connectivity index (χ0) is 14.4. The van der Waals surface area contributed by atoms with Crippen LogP contribution < -0.4 is 0 Å². The van der Waals surface area contributed by atoms with Gasteiger partial charge >= 0.3 is 5.97 Å². The molecule has 0 heterocycles. The zero-order valence-electron chi connectivity index (χ0n) is 11.1. The zero-order valence-corrected chi connectivity index (χ0v) is 11.1. The molecule has 0 radical (unpaired) electrons. The van der Waals surface area contributed by atoms with Crippen LogP contribution in [0.1, 0.15) is 24.3 Å². The largest absolute Gasteiger partial charge is 0.481 e. The maximum Gasteiger partial charge on any atom is 0.311 e. The van der Waals surface area contributed by atoms with Crippen LogP contribution in [-0.4, -0.2) is 11.1 Å². The molecule has 1 atom stereocenters. The lowest BCUT2D eigenvalue weighted by atomic mass is 9.93. The van der Waals surface area contributed by atoms with Crippen LogP contribution in [0, 0.1) is 12.3 Å². The van der Waals surface area contributed by atoms with Gasteiger partial charge in [-0.15, -0.1) is 12.3 Å². The van der Waals surface area contributed by atoms with E-state index in [-0.39, 0.29) is 0 Å². The second-order valence-corrected chi connectivity index (χ2v) is 4.62. The Bertz CT molecular complexity index is 606. The van der Waals surface area contributed by atoms with Gasteiger partial charge in [-0.05, 0) is 23.1 Å². The van der Waals surface area contributed by atoms with Crippen molar-refractivity contribution >= 4 is 5.97 Å². The molecule has 20 heavy (non-hydrogen) atoms. The van der Waals surface area contributed by atoms with Crippen molar-refractivity contribution in [3.63, 3.8) is 0 Å². The molecule has 0 saturated carbocycles. The Morgan fingerprint density at radius 2 is 1.65 bits per heavy atom. The third-order valence-corrected chi connectivity index (χ3v) is 3.30. The van der Waals surface area contributed by atoms with Crippen molar-refractivity contribution in [2.45, 2.75) is 18.8 Å². The fourth-order valence-corrected chi connectivity index (χ4v) is 2.20. The summed E-state index contributed by atoms with van der Waals surface area (Å²) >= 11 is 0. The maximum atomic E-state index is 11.3. The van der Waals surface area contributed by atoms with Gasteiger partial charge in [0.1, 0.15) is 0 Å². The van der Waals surface area contributed by atoms with Crippen molar-refractivity contribution in [2.75, 3.05) is 0 Å². The Labute approximate surface area is 119 Å². The third kappa shape index (κ3) is 3.27. The third-order valence-electron chi connectivity index (χ3n) is 3.30. The SMILES string of the molecule is C#CCCC(C(=O)O)c1ccc(-c2ccccc2)cc1. The van der Waals surface area contributed by atoms with Crippen LogP contribution in [0.15, 0.2) is 54.6 Å². The highest BCUT2D eigenvalue weighted by Crippen LogP contribution is 2.25. The lowest BCUT2D eigenvalue weighted by Crippen LogP contribution is -2.11. The molecule has 0 aromatic heterocycles. The van der Waals surface area contributed by atoms with Crippen molar-refractivity contribution in [3.8, 4) is 23.5 Å². The number of hydrogen-bond donors (Lipinski definition) is 1. The van der Waals surface area contributed by atoms with E-state index in [4.69, 9.17) is 6.42 Å². The van der Waals surface area contributed by atoms with E-state index in [2.05, 4.69) is 5.92 Å². The van der Waals surface area contributed by atoms with Crippen LogP contribution in [0.4, 0.5) is 0 Å². The fourth-order valence-electron chi connectivity index (χ4n) is 2.20. The topological polar surface area (TPSA) is 37.3 Å². The second kappa shape index (κ2) is 6.58. The molecule has 0 fully saturated rings. The van der Waals surface area contributed by atoms with Crippen molar-refractivity contribution in [1.29, 1.82) is 0 Å². The van der Waals surface area contributed by atoms with E-state index in [1.807, 2.05) is 54.6 Å². The standard InChI is InChI=1S/C18H16O2/c1-2-3-9-17(18(19)20)16-12-10-15(11-13-16)14-7-5-4-6-8-14/h1,4-8,10-13,17H,3,9H2,(H,19,20). The Morgan fingerprint density at radius 1 is 1.05 bits per heavy atom. The minimum atomic E-state index is -0.826. The molecule has 2 rings (SSSR count). The molecule has 0 aliphatic carbocycles. The number of hydrogen-bond acceptors (Lipinski definition) is 1. The smallest absolute Gasteiger partial charge is 0.311 e. The molecular formula is C18H16O2. The van der Waals surface area contributed by atoms with E-state index in [0.29, 0.717) is 12.8 Å². The number of carboxylic acid groups (broad SMARTS) is 1. The normalized spacial score (nSPS) is 11.6. The molecule has 1 unspecified atom stereocenters. The first-order chi connectivity index (χ1) is 9.72. The van der Waals surface area contributed by atoms with Crippen LogP contribution >= 0.6 is 0 Å².